The molecule has 1 aromatic carbocycles. The van der Waals surface area contributed by atoms with E-state index in [1.807, 2.05) is 6.07 Å². The largest absolute Gasteiger partial charge is 0.497 e. The second-order valence-electron chi connectivity index (χ2n) is 6.15. The van der Waals surface area contributed by atoms with E-state index in [9.17, 15) is 0 Å². The highest BCUT2D eigenvalue weighted by atomic mass is 16.5. The number of rotatable bonds is 8. The summed E-state index contributed by atoms with van der Waals surface area (Å²) in [5, 5.41) is 4.62. The molecule has 0 saturated carbocycles. The molecular formula is C19H30N2O3. The van der Waals surface area contributed by atoms with Crippen molar-refractivity contribution in [2.24, 2.45) is 0 Å². The van der Waals surface area contributed by atoms with E-state index in [2.05, 4.69) is 43.0 Å². The highest BCUT2D eigenvalue weighted by Crippen LogP contribution is 2.38. The molecule has 0 radical (unpaired) electrons. The molecule has 0 amide bonds. The Morgan fingerprint density at radius 2 is 1.79 bits per heavy atom. The maximum atomic E-state index is 5.35. The van der Waals surface area contributed by atoms with Crippen LogP contribution < -0.4 is 4.74 Å². The Hall–Kier alpha value is -1.56. The molecule has 0 aliphatic carbocycles. The fourth-order valence-corrected chi connectivity index (χ4v) is 3.42. The lowest BCUT2D eigenvalue weighted by Crippen LogP contribution is -2.41. The first-order valence-electron chi connectivity index (χ1n) is 8.41. The van der Waals surface area contributed by atoms with Crippen LogP contribution in [0.3, 0.4) is 0 Å². The second kappa shape index (κ2) is 8.51. The summed E-state index contributed by atoms with van der Waals surface area (Å²) in [5.41, 5.74) is 5.14. The first-order chi connectivity index (χ1) is 11.5. The second-order valence-corrected chi connectivity index (χ2v) is 6.15. The fraction of sp³-hybridized carbons (Fsp3) is 0.579. The van der Waals surface area contributed by atoms with Crippen LogP contribution in [0, 0.1) is 6.92 Å². The number of benzene rings is 1. The Morgan fingerprint density at radius 1 is 1.08 bits per heavy atom. The molecular weight excluding hydrogens is 304 g/mol. The van der Waals surface area contributed by atoms with Crippen LogP contribution >= 0.6 is 0 Å². The summed E-state index contributed by atoms with van der Waals surface area (Å²) in [6.07, 6.45) is 0.923. The average molecular weight is 334 g/mol. The third kappa shape index (κ3) is 3.74. The SMILES string of the molecule is COCCC1=C(c2ccc(OC)cc2C)N(C)N(CCOC)C1C. The van der Waals surface area contributed by atoms with E-state index in [-0.39, 0.29) is 0 Å². The van der Waals surface area contributed by atoms with Gasteiger partial charge in [0.1, 0.15) is 5.75 Å². The molecule has 1 heterocycles. The summed E-state index contributed by atoms with van der Waals surface area (Å²) >= 11 is 0. The summed E-state index contributed by atoms with van der Waals surface area (Å²) in [6, 6.07) is 6.60. The molecule has 1 aliphatic heterocycles. The van der Waals surface area contributed by atoms with E-state index in [1.165, 1.54) is 22.4 Å². The van der Waals surface area contributed by atoms with Crippen molar-refractivity contribution in [3.05, 3.63) is 34.9 Å². The van der Waals surface area contributed by atoms with Crippen molar-refractivity contribution in [1.29, 1.82) is 0 Å². The van der Waals surface area contributed by atoms with Crippen LogP contribution in [0.25, 0.3) is 5.70 Å². The van der Waals surface area contributed by atoms with Crippen molar-refractivity contribution in [3.63, 3.8) is 0 Å². The van der Waals surface area contributed by atoms with Gasteiger partial charge < -0.3 is 19.2 Å². The molecule has 24 heavy (non-hydrogen) atoms. The molecule has 1 atom stereocenters. The first kappa shape index (κ1) is 18.8. The summed E-state index contributed by atoms with van der Waals surface area (Å²) in [7, 11) is 7.33. The smallest absolute Gasteiger partial charge is 0.119 e. The highest BCUT2D eigenvalue weighted by Gasteiger charge is 2.34. The number of nitrogens with zero attached hydrogens (tertiary/aromatic N) is 2. The Kier molecular flexibility index (Phi) is 6.66. The van der Waals surface area contributed by atoms with Gasteiger partial charge in [-0.15, -0.1) is 0 Å². The van der Waals surface area contributed by atoms with Crippen LogP contribution in [0.15, 0.2) is 23.8 Å². The molecule has 0 aromatic heterocycles. The van der Waals surface area contributed by atoms with Gasteiger partial charge in [-0.1, -0.05) is 0 Å². The van der Waals surface area contributed by atoms with Gasteiger partial charge in [0.2, 0.25) is 0 Å². The van der Waals surface area contributed by atoms with Gasteiger partial charge in [0.25, 0.3) is 0 Å². The lowest BCUT2D eigenvalue weighted by Gasteiger charge is -2.31. The third-order valence-electron chi connectivity index (χ3n) is 4.75. The molecule has 5 heteroatoms. The van der Waals surface area contributed by atoms with E-state index in [0.29, 0.717) is 12.6 Å². The normalized spacial score (nSPS) is 18.6. The van der Waals surface area contributed by atoms with Gasteiger partial charge in [-0.2, -0.15) is 0 Å². The number of ether oxygens (including phenoxy) is 3. The highest BCUT2D eigenvalue weighted by molar-refractivity contribution is 5.72. The summed E-state index contributed by atoms with van der Waals surface area (Å²) < 4.78 is 16.0. The van der Waals surface area contributed by atoms with E-state index in [1.54, 1.807) is 21.3 Å². The average Bonchev–Trinajstić information content (AvgIpc) is 2.81. The van der Waals surface area contributed by atoms with Crippen LogP contribution in [-0.2, 0) is 9.47 Å². The van der Waals surface area contributed by atoms with Gasteiger partial charge in [-0.05, 0) is 49.6 Å². The van der Waals surface area contributed by atoms with Gasteiger partial charge in [0.05, 0.1) is 26.0 Å². The lowest BCUT2D eigenvalue weighted by molar-refractivity contribution is 0.0242. The molecule has 134 valence electrons. The molecule has 0 fully saturated rings. The molecule has 0 N–H and O–H groups in total. The monoisotopic (exact) mass is 334 g/mol. The predicted molar refractivity (Wildman–Crippen MR) is 97.0 cm³/mol. The Balaban J connectivity index is 2.41. The predicted octanol–water partition coefficient (Wildman–Crippen LogP) is 2.95. The number of hydrazine groups is 1. The van der Waals surface area contributed by atoms with E-state index < -0.39 is 0 Å². The zero-order chi connectivity index (χ0) is 17.7. The molecule has 1 unspecified atom stereocenters. The van der Waals surface area contributed by atoms with Crippen molar-refractivity contribution in [2.75, 3.05) is 48.1 Å². The van der Waals surface area contributed by atoms with E-state index >= 15 is 0 Å². The molecule has 5 nitrogen and oxygen atoms in total. The first-order valence-corrected chi connectivity index (χ1v) is 8.41. The summed E-state index contributed by atoms with van der Waals surface area (Å²) in [6.45, 7) is 6.69. The number of hydrogen-bond donors (Lipinski definition) is 0. The van der Waals surface area contributed by atoms with Gasteiger partial charge in [-0.3, -0.25) is 0 Å². The molecule has 0 saturated heterocycles. The van der Waals surface area contributed by atoms with Crippen molar-refractivity contribution in [1.82, 2.24) is 10.0 Å². The number of methoxy groups -OCH3 is 3. The third-order valence-corrected chi connectivity index (χ3v) is 4.75. The Morgan fingerprint density at radius 3 is 2.38 bits per heavy atom. The van der Waals surface area contributed by atoms with E-state index in [0.717, 1.165) is 25.3 Å². The van der Waals surface area contributed by atoms with Crippen LogP contribution in [0.1, 0.15) is 24.5 Å². The van der Waals surface area contributed by atoms with Crippen molar-refractivity contribution < 1.29 is 14.2 Å². The Bertz CT molecular complexity index is 586. The molecule has 1 aliphatic rings. The summed E-state index contributed by atoms with van der Waals surface area (Å²) in [5.74, 6) is 0.889. The minimum atomic E-state index is 0.330. The van der Waals surface area contributed by atoms with Gasteiger partial charge >= 0.3 is 0 Å². The molecule has 0 bridgehead atoms. The maximum Gasteiger partial charge on any atom is 0.119 e. The van der Waals surface area contributed by atoms with Crippen LogP contribution in [0.4, 0.5) is 0 Å². The number of hydrogen-bond acceptors (Lipinski definition) is 5. The zero-order valence-electron chi connectivity index (χ0n) is 15.8. The van der Waals surface area contributed by atoms with Crippen molar-refractivity contribution in [3.8, 4) is 5.75 Å². The zero-order valence-corrected chi connectivity index (χ0v) is 15.8. The maximum absolute atomic E-state index is 5.35. The number of aryl methyl sites for hydroxylation is 1. The topological polar surface area (TPSA) is 34.2 Å². The quantitative estimate of drug-likeness (QED) is 0.730. The van der Waals surface area contributed by atoms with Crippen LogP contribution in [0.2, 0.25) is 0 Å². The standard InChI is InChI=1S/C19H30N2O3/c1-14-13-16(24-6)7-8-17(14)19-18(9-11-22-4)15(2)21(20(19)3)10-12-23-5/h7-8,13,15H,9-12H2,1-6H3. The van der Waals surface area contributed by atoms with Gasteiger partial charge in [0.15, 0.2) is 0 Å². The molecule has 0 spiro atoms. The minimum Gasteiger partial charge on any atom is -0.497 e. The van der Waals surface area contributed by atoms with Gasteiger partial charge in [0, 0.05) is 39.4 Å². The molecule has 2 rings (SSSR count). The van der Waals surface area contributed by atoms with Crippen LogP contribution in [0.5, 0.6) is 5.75 Å². The van der Waals surface area contributed by atoms with Crippen molar-refractivity contribution in [2.45, 2.75) is 26.3 Å². The minimum absolute atomic E-state index is 0.330. The molecule has 1 aromatic rings. The Labute approximate surface area is 145 Å². The van der Waals surface area contributed by atoms with Crippen molar-refractivity contribution >= 4 is 5.70 Å². The summed E-state index contributed by atoms with van der Waals surface area (Å²) in [4.78, 5) is 0. The van der Waals surface area contributed by atoms with Gasteiger partial charge in [-0.25, -0.2) is 5.01 Å². The fourth-order valence-electron chi connectivity index (χ4n) is 3.42. The van der Waals surface area contributed by atoms with Crippen LogP contribution in [-0.4, -0.2) is 64.2 Å². The van der Waals surface area contributed by atoms with E-state index in [4.69, 9.17) is 14.2 Å². The lowest BCUT2D eigenvalue weighted by atomic mass is 9.97.